The summed E-state index contributed by atoms with van der Waals surface area (Å²) in [4.78, 5) is 2.44. The molecule has 0 fully saturated rings. The van der Waals surface area contributed by atoms with E-state index >= 15 is 0 Å². The Hall–Kier alpha value is -1.84. The predicted molar refractivity (Wildman–Crippen MR) is 104 cm³/mol. The van der Waals surface area contributed by atoms with Gasteiger partial charge in [-0.05, 0) is 54.8 Å². The molecule has 2 aromatic carbocycles. The third-order valence-electron chi connectivity index (χ3n) is 5.53. The first-order valence-corrected chi connectivity index (χ1v) is 9.48. The molecule has 134 valence electrons. The van der Waals surface area contributed by atoms with Crippen LogP contribution in [0.1, 0.15) is 49.4 Å². The van der Waals surface area contributed by atoms with Crippen molar-refractivity contribution in [2.45, 2.75) is 45.8 Å². The van der Waals surface area contributed by atoms with Crippen molar-refractivity contribution in [3.05, 3.63) is 64.7 Å². The van der Waals surface area contributed by atoms with E-state index in [2.05, 4.69) is 68.1 Å². The van der Waals surface area contributed by atoms with Gasteiger partial charge in [-0.1, -0.05) is 51.1 Å². The quantitative estimate of drug-likeness (QED) is 0.863. The van der Waals surface area contributed by atoms with E-state index in [1.165, 1.54) is 16.7 Å². The van der Waals surface area contributed by atoms with E-state index in [1.807, 2.05) is 0 Å². The number of hydrogen-bond acceptors (Lipinski definition) is 3. The zero-order chi connectivity index (χ0) is 17.9. The zero-order valence-electron chi connectivity index (χ0n) is 15.7. The highest BCUT2D eigenvalue weighted by Crippen LogP contribution is 2.41. The summed E-state index contributed by atoms with van der Waals surface area (Å²) >= 11 is 0. The van der Waals surface area contributed by atoms with Crippen LogP contribution in [0.4, 0.5) is 0 Å². The van der Waals surface area contributed by atoms with Gasteiger partial charge in [0.1, 0.15) is 12.4 Å². The van der Waals surface area contributed by atoms with Crippen LogP contribution in [0, 0.1) is 0 Å². The molecule has 1 unspecified atom stereocenters. The maximum Gasteiger partial charge on any atom is 0.125 e. The average Bonchev–Trinajstić information content (AvgIpc) is 2.78. The molecule has 1 aliphatic heterocycles. The molecule has 0 amide bonds. The number of ether oxygens (including phenoxy) is 1. The van der Waals surface area contributed by atoms with Crippen molar-refractivity contribution < 1.29 is 4.74 Å². The van der Waals surface area contributed by atoms with E-state index in [0.29, 0.717) is 6.61 Å². The van der Waals surface area contributed by atoms with Gasteiger partial charge in [0.25, 0.3) is 0 Å². The second kappa shape index (κ2) is 7.59. The Morgan fingerprint density at radius 1 is 1.04 bits per heavy atom. The number of fused-ring (bicyclic) bond motifs is 2. The molecule has 3 nitrogen and oxygen atoms in total. The highest BCUT2D eigenvalue weighted by molar-refractivity contribution is 5.52. The number of aryl methyl sites for hydroxylation is 1. The van der Waals surface area contributed by atoms with E-state index in [9.17, 15) is 0 Å². The predicted octanol–water partition coefficient (Wildman–Crippen LogP) is 4.08. The average molecular weight is 338 g/mol. The number of benzene rings is 2. The van der Waals surface area contributed by atoms with Gasteiger partial charge in [0.2, 0.25) is 0 Å². The number of nitrogens with zero attached hydrogens (tertiary/aromatic N) is 1. The maximum atomic E-state index is 7.16. The Balaban J connectivity index is 2.10. The lowest BCUT2D eigenvalue weighted by molar-refractivity contribution is 0.271. The van der Waals surface area contributed by atoms with Crippen molar-refractivity contribution in [1.82, 2.24) is 4.90 Å². The highest BCUT2D eigenvalue weighted by atomic mass is 16.5. The molecule has 2 N–H and O–H groups in total. The number of rotatable bonds is 6. The summed E-state index contributed by atoms with van der Waals surface area (Å²) in [6, 6.07) is 15.0. The van der Waals surface area contributed by atoms with Gasteiger partial charge in [-0.15, -0.1) is 0 Å². The molecule has 1 aliphatic rings. The first-order chi connectivity index (χ1) is 12.1. The Labute approximate surface area is 151 Å². The van der Waals surface area contributed by atoms with Gasteiger partial charge in [0.15, 0.2) is 0 Å². The molecule has 3 heteroatoms. The molecule has 0 aliphatic carbocycles. The lowest BCUT2D eigenvalue weighted by atomic mass is 9.78. The molecule has 0 saturated carbocycles. The Kier molecular flexibility index (Phi) is 5.45. The Morgan fingerprint density at radius 2 is 1.80 bits per heavy atom. The molecule has 3 rings (SSSR count). The number of nitrogens with two attached hydrogens (primary N) is 1. The molecule has 1 atom stereocenters. The van der Waals surface area contributed by atoms with Gasteiger partial charge >= 0.3 is 0 Å². The smallest absolute Gasteiger partial charge is 0.125 e. The largest absolute Gasteiger partial charge is 0.489 e. The van der Waals surface area contributed by atoms with E-state index in [-0.39, 0.29) is 0 Å². The maximum absolute atomic E-state index is 7.16. The minimum absolute atomic E-state index is 0.518. The first-order valence-electron chi connectivity index (χ1n) is 9.48. The molecule has 0 saturated heterocycles. The van der Waals surface area contributed by atoms with Crippen molar-refractivity contribution in [2.24, 2.45) is 5.73 Å². The molecule has 0 aromatic heterocycles. The van der Waals surface area contributed by atoms with Crippen LogP contribution in [0.15, 0.2) is 42.5 Å². The molecule has 0 bridgehead atoms. The Bertz CT molecular complexity index is 724. The third-order valence-corrected chi connectivity index (χ3v) is 5.53. The second-order valence-corrected chi connectivity index (χ2v) is 6.88. The summed E-state index contributed by atoms with van der Waals surface area (Å²) in [6.45, 7) is 10.3. The molecule has 2 aromatic rings. The van der Waals surface area contributed by atoms with E-state index in [0.717, 1.165) is 43.8 Å². The standard InChI is InChI=1S/C22H30N2O/c1-4-17-11-12-21-20(15-17)22(23,13-14-24(5-2)6-3)19-10-8-7-9-18(19)16-25-21/h7-12,15H,4-6,13-14,16,23H2,1-3H3. The molecule has 1 heterocycles. The molecule has 25 heavy (non-hydrogen) atoms. The van der Waals surface area contributed by atoms with Crippen LogP contribution in [0.2, 0.25) is 0 Å². The van der Waals surface area contributed by atoms with Crippen molar-refractivity contribution in [3.63, 3.8) is 0 Å². The van der Waals surface area contributed by atoms with Gasteiger partial charge in [-0.3, -0.25) is 0 Å². The molecule has 0 spiro atoms. The lowest BCUT2D eigenvalue weighted by Gasteiger charge is -2.34. The fourth-order valence-corrected chi connectivity index (χ4v) is 3.80. The summed E-state index contributed by atoms with van der Waals surface area (Å²) in [6.07, 6.45) is 1.89. The molecular weight excluding hydrogens is 308 g/mol. The zero-order valence-corrected chi connectivity index (χ0v) is 15.7. The summed E-state index contributed by atoms with van der Waals surface area (Å²) in [7, 11) is 0. The van der Waals surface area contributed by atoms with Crippen LogP contribution in [0.3, 0.4) is 0 Å². The van der Waals surface area contributed by atoms with Crippen LogP contribution in [0.5, 0.6) is 5.75 Å². The van der Waals surface area contributed by atoms with E-state index < -0.39 is 5.54 Å². The Morgan fingerprint density at radius 3 is 2.52 bits per heavy atom. The monoisotopic (exact) mass is 338 g/mol. The second-order valence-electron chi connectivity index (χ2n) is 6.88. The van der Waals surface area contributed by atoms with E-state index in [1.54, 1.807) is 0 Å². The first kappa shape index (κ1) is 18.0. The fraction of sp³-hybridized carbons (Fsp3) is 0.455. The van der Waals surface area contributed by atoms with E-state index in [4.69, 9.17) is 10.5 Å². The minimum Gasteiger partial charge on any atom is -0.489 e. The van der Waals surface area contributed by atoms with Crippen LogP contribution in [-0.2, 0) is 18.6 Å². The van der Waals surface area contributed by atoms with Crippen molar-refractivity contribution in [2.75, 3.05) is 19.6 Å². The molecule has 0 radical (unpaired) electrons. The van der Waals surface area contributed by atoms with Gasteiger partial charge in [0, 0.05) is 12.1 Å². The summed E-state index contributed by atoms with van der Waals surface area (Å²) in [5.74, 6) is 0.926. The minimum atomic E-state index is -0.518. The van der Waals surface area contributed by atoms with Gasteiger partial charge in [0.05, 0.1) is 5.54 Å². The topological polar surface area (TPSA) is 38.5 Å². The van der Waals surface area contributed by atoms with Gasteiger partial charge in [-0.25, -0.2) is 0 Å². The van der Waals surface area contributed by atoms with Crippen molar-refractivity contribution in [1.29, 1.82) is 0 Å². The van der Waals surface area contributed by atoms with Crippen LogP contribution < -0.4 is 10.5 Å². The van der Waals surface area contributed by atoms with Crippen molar-refractivity contribution in [3.8, 4) is 5.75 Å². The van der Waals surface area contributed by atoms with Gasteiger partial charge < -0.3 is 15.4 Å². The molecular formula is C22H30N2O. The van der Waals surface area contributed by atoms with Crippen LogP contribution >= 0.6 is 0 Å². The normalized spacial score (nSPS) is 19.1. The SMILES string of the molecule is CCc1ccc2c(c1)C(N)(CCN(CC)CC)c1ccccc1CO2. The van der Waals surface area contributed by atoms with Crippen LogP contribution in [0.25, 0.3) is 0 Å². The lowest BCUT2D eigenvalue weighted by Crippen LogP contribution is -2.42. The van der Waals surface area contributed by atoms with Gasteiger partial charge in [-0.2, -0.15) is 0 Å². The number of hydrogen-bond donors (Lipinski definition) is 1. The summed E-state index contributed by atoms with van der Waals surface area (Å²) in [5.41, 5.74) is 11.5. The van der Waals surface area contributed by atoms with Crippen LogP contribution in [-0.4, -0.2) is 24.5 Å². The summed E-state index contributed by atoms with van der Waals surface area (Å²) in [5, 5.41) is 0. The fourth-order valence-electron chi connectivity index (χ4n) is 3.80. The van der Waals surface area contributed by atoms with Crippen molar-refractivity contribution >= 4 is 0 Å². The summed E-state index contributed by atoms with van der Waals surface area (Å²) < 4.78 is 6.14. The highest BCUT2D eigenvalue weighted by Gasteiger charge is 2.36. The third kappa shape index (κ3) is 3.44.